The van der Waals surface area contributed by atoms with Gasteiger partial charge in [-0.2, -0.15) is 5.10 Å². The van der Waals surface area contributed by atoms with Gasteiger partial charge in [-0.05, 0) is 66.6 Å². The van der Waals surface area contributed by atoms with Crippen LogP contribution in [0.2, 0.25) is 0 Å². The zero-order valence-corrected chi connectivity index (χ0v) is 15.8. The molecule has 2 rings (SSSR count). The van der Waals surface area contributed by atoms with Crippen LogP contribution in [0.25, 0.3) is 0 Å². The molecule has 0 atom stereocenters. The van der Waals surface area contributed by atoms with Crippen molar-refractivity contribution in [3.05, 3.63) is 48.8 Å². The third kappa shape index (κ3) is 5.11. The number of ether oxygens (including phenoxy) is 1. The summed E-state index contributed by atoms with van der Waals surface area (Å²) in [6, 6.07) is 9.18. The number of carbonyl (C=O) groups is 1. The minimum atomic E-state index is -0.351. The van der Waals surface area contributed by atoms with Crippen molar-refractivity contribution in [3.8, 4) is 5.75 Å². The Morgan fingerprint density at radius 2 is 2.19 bits per heavy atom. The SMILES string of the molecule is O=C(COc1ccccc1I)NN=Cc1cc(Br)c(Br)o1. The van der Waals surface area contributed by atoms with Crippen molar-refractivity contribution in [2.75, 3.05) is 6.61 Å². The normalized spacial score (nSPS) is 10.8. The maximum Gasteiger partial charge on any atom is 0.277 e. The summed E-state index contributed by atoms with van der Waals surface area (Å²) in [5.41, 5.74) is 2.36. The van der Waals surface area contributed by atoms with Crippen LogP contribution in [0.4, 0.5) is 0 Å². The van der Waals surface area contributed by atoms with Gasteiger partial charge in [-0.15, -0.1) is 0 Å². The van der Waals surface area contributed by atoms with Crippen LogP contribution in [0.3, 0.4) is 0 Å². The molecule has 0 aliphatic carbocycles. The first kappa shape index (κ1) is 16.5. The van der Waals surface area contributed by atoms with Gasteiger partial charge >= 0.3 is 0 Å². The zero-order valence-electron chi connectivity index (χ0n) is 10.5. The van der Waals surface area contributed by atoms with Crippen LogP contribution >= 0.6 is 54.5 Å². The number of benzene rings is 1. The third-order valence-electron chi connectivity index (χ3n) is 2.24. The lowest BCUT2D eigenvalue weighted by molar-refractivity contribution is -0.123. The van der Waals surface area contributed by atoms with Crippen molar-refractivity contribution in [3.63, 3.8) is 0 Å². The van der Waals surface area contributed by atoms with E-state index in [1.54, 1.807) is 12.1 Å². The van der Waals surface area contributed by atoms with Crippen molar-refractivity contribution in [1.29, 1.82) is 0 Å². The molecule has 1 amide bonds. The van der Waals surface area contributed by atoms with Gasteiger partial charge in [-0.3, -0.25) is 4.79 Å². The first-order valence-electron chi connectivity index (χ1n) is 5.70. The fourth-order valence-corrected chi connectivity index (χ4v) is 2.48. The van der Waals surface area contributed by atoms with E-state index in [2.05, 4.69) is 65.0 Å². The highest BCUT2D eigenvalue weighted by molar-refractivity contribution is 14.1. The highest BCUT2D eigenvalue weighted by Crippen LogP contribution is 2.25. The molecule has 110 valence electrons. The Morgan fingerprint density at radius 3 is 2.86 bits per heavy atom. The van der Waals surface area contributed by atoms with Gasteiger partial charge in [0.15, 0.2) is 11.3 Å². The number of hydrazone groups is 1. The Kier molecular flexibility index (Phi) is 6.24. The molecule has 21 heavy (non-hydrogen) atoms. The highest BCUT2D eigenvalue weighted by Gasteiger charge is 2.05. The average Bonchev–Trinajstić information content (AvgIpc) is 2.77. The van der Waals surface area contributed by atoms with E-state index in [-0.39, 0.29) is 12.5 Å². The smallest absolute Gasteiger partial charge is 0.277 e. The quantitative estimate of drug-likeness (QED) is 0.364. The Morgan fingerprint density at radius 1 is 1.43 bits per heavy atom. The van der Waals surface area contributed by atoms with Gasteiger partial charge in [0, 0.05) is 6.07 Å². The molecule has 0 aliphatic rings. The molecule has 0 saturated heterocycles. The largest absolute Gasteiger partial charge is 0.483 e. The number of nitrogens with one attached hydrogen (secondary N) is 1. The molecule has 0 saturated carbocycles. The van der Waals surface area contributed by atoms with E-state index in [9.17, 15) is 4.79 Å². The van der Waals surface area contributed by atoms with Gasteiger partial charge in [0.05, 0.1) is 14.3 Å². The van der Waals surface area contributed by atoms with Crippen molar-refractivity contribution in [2.24, 2.45) is 5.10 Å². The monoisotopic (exact) mass is 526 g/mol. The van der Waals surface area contributed by atoms with Gasteiger partial charge in [-0.1, -0.05) is 12.1 Å². The molecule has 2 aromatic rings. The van der Waals surface area contributed by atoms with Crippen LogP contribution in [-0.4, -0.2) is 18.7 Å². The summed E-state index contributed by atoms with van der Waals surface area (Å²) in [5, 5.41) is 3.79. The lowest BCUT2D eigenvalue weighted by Crippen LogP contribution is -2.24. The minimum absolute atomic E-state index is 0.108. The van der Waals surface area contributed by atoms with E-state index in [0.717, 1.165) is 8.04 Å². The van der Waals surface area contributed by atoms with E-state index in [1.807, 2.05) is 18.2 Å². The number of nitrogens with zero attached hydrogens (tertiary/aromatic N) is 1. The van der Waals surface area contributed by atoms with Crippen LogP contribution in [0, 0.1) is 3.57 Å². The number of furan rings is 1. The first-order valence-corrected chi connectivity index (χ1v) is 8.37. The standard InChI is InChI=1S/C13H9Br2IN2O3/c14-9-5-8(21-13(9)15)6-17-18-12(19)7-20-11-4-2-1-3-10(11)16/h1-6H,7H2,(H,18,19). The van der Waals surface area contributed by atoms with Gasteiger partial charge in [0.25, 0.3) is 5.91 Å². The molecule has 5 nitrogen and oxygen atoms in total. The molecule has 0 unspecified atom stereocenters. The Hall–Kier alpha value is -0.870. The molecule has 0 radical (unpaired) electrons. The molecular formula is C13H9Br2IN2O3. The summed E-state index contributed by atoms with van der Waals surface area (Å²) < 4.78 is 13.0. The molecule has 0 aliphatic heterocycles. The number of amides is 1. The lowest BCUT2D eigenvalue weighted by atomic mass is 10.3. The van der Waals surface area contributed by atoms with Gasteiger partial charge in [0.1, 0.15) is 11.5 Å². The summed E-state index contributed by atoms with van der Waals surface area (Å²) in [6.07, 6.45) is 1.40. The summed E-state index contributed by atoms with van der Waals surface area (Å²) in [7, 11) is 0. The maximum atomic E-state index is 11.6. The van der Waals surface area contributed by atoms with E-state index >= 15 is 0 Å². The van der Waals surface area contributed by atoms with Crippen LogP contribution < -0.4 is 10.2 Å². The minimum Gasteiger partial charge on any atom is -0.483 e. The summed E-state index contributed by atoms with van der Waals surface area (Å²) >= 11 is 8.64. The van der Waals surface area contributed by atoms with E-state index < -0.39 is 0 Å². The summed E-state index contributed by atoms with van der Waals surface area (Å²) in [4.78, 5) is 11.6. The Balaban J connectivity index is 1.81. The fourth-order valence-electron chi connectivity index (χ4n) is 1.33. The molecule has 0 spiro atoms. The van der Waals surface area contributed by atoms with Crippen LogP contribution in [0.5, 0.6) is 5.75 Å². The molecule has 1 aromatic carbocycles. The summed E-state index contributed by atoms with van der Waals surface area (Å²) in [6.45, 7) is -0.108. The van der Waals surface area contributed by atoms with Gasteiger partial charge in [0.2, 0.25) is 0 Å². The second kappa shape index (κ2) is 7.95. The molecule has 1 aromatic heterocycles. The van der Waals surface area contributed by atoms with Crippen molar-refractivity contribution in [2.45, 2.75) is 0 Å². The fraction of sp³-hybridized carbons (Fsp3) is 0.0769. The maximum absolute atomic E-state index is 11.6. The summed E-state index contributed by atoms with van der Waals surface area (Å²) in [5.74, 6) is 0.819. The number of rotatable bonds is 5. The number of para-hydroxylation sites is 1. The zero-order chi connectivity index (χ0) is 15.2. The number of halogens is 3. The number of carbonyl (C=O) groups excluding carboxylic acids is 1. The topological polar surface area (TPSA) is 63.8 Å². The van der Waals surface area contributed by atoms with Crippen molar-refractivity contribution < 1.29 is 13.9 Å². The van der Waals surface area contributed by atoms with Gasteiger partial charge in [-0.25, -0.2) is 5.43 Å². The molecule has 1 N–H and O–H groups in total. The van der Waals surface area contributed by atoms with E-state index in [1.165, 1.54) is 6.21 Å². The first-order chi connectivity index (χ1) is 10.1. The Labute approximate surface area is 151 Å². The molecular weight excluding hydrogens is 519 g/mol. The van der Waals surface area contributed by atoms with Gasteiger partial charge < -0.3 is 9.15 Å². The van der Waals surface area contributed by atoms with Crippen LogP contribution in [-0.2, 0) is 4.79 Å². The predicted molar refractivity (Wildman–Crippen MR) is 94.5 cm³/mol. The van der Waals surface area contributed by atoms with Crippen LogP contribution in [0.15, 0.2) is 49.0 Å². The predicted octanol–water partition coefficient (Wildman–Crippen LogP) is 3.94. The second-order valence-electron chi connectivity index (χ2n) is 3.78. The van der Waals surface area contributed by atoms with Crippen molar-refractivity contribution in [1.82, 2.24) is 5.43 Å². The molecule has 0 fully saturated rings. The number of hydrogen-bond acceptors (Lipinski definition) is 4. The third-order valence-corrected chi connectivity index (χ3v) is 4.84. The molecule has 1 heterocycles. The average molecular weight is 528 g/mol. The van der Waals surface area contributed by atoms with E-state index in [0.29, 0.717) is 16.2 Å². The lowest BCUT2D eigenvalue weighted by Gasteiger charge is -2.06. The molecule has 8 heteroatoms. The van der Waals surface area contributed by atoms with Crippen LogP contribution in [0.1, 0.15) is 5.76 Å². The highest BCUT2D eigenvalue weighted by atomic mass is 127. The molecule has 0 bridgehead atoms. The Bertz CT molecular complexity index is 654. The number of hydrogen-bond donors (Lipinski definition) is 1. The van der Waals surface area contributed by atoms with E-state index in [4.69, 9.17) is 9.15 Å². The second-order valence-corrected chi connectivity index (χ2v) is 6.52. The van der Waals surface area contributed by atoms with Crippen molar-refractivity contribution >= 4 is 66.6 Å².